The lowest BCUT2D eigenvalue weighted by Crippen LogP contribution is -2.51. The van der Waals surface area contributed by atoms with E-state index in [4.69, 9.17) is 0 Å². The first-order valence-corrected chi connectivity index (χ1v) is 11.2. The van der Waals surface area contributed by atoms with E-state index < -0.39 is 4.92 Å². The number of aryl methyl sites for hydroxylation is 1. The second-order valence-corrected chi connectivity index (χ2v) is 10.4. The topological polar surface area (TPSA) is 78.0 Å². The Hall–Kier alpha value is -2.15. The first kappa shape index (κ1) is 18.9. The fourth-order valence-electron chi connectivity index (χ4n) is 6.32. The molecule has 0 unspecified atom stereocenters. The van der Waals surface area contributed by atoms with Gasteiger partial charge in [-0.15, -0.1) is 0 Å². The molecule has 4 saturated carbocycles. The molecule has 152 valence electrons. The minimum Gasteiger partial charge on any atom is -0.272 e. The number of nitro groups is 1. The van der Waals surface area contributed by atoms with Crippen molar-refractivity contribution in [1.82, 2.24) is 9.78 Å². The zero-order valence-corrected chi connectivity index (χ0v) is 17.6. The van der Waals surface area contributed by atoms with Crippen LogP contribution in [0.4, 0.5) is 5.69 Å². The van der Waals surface area contributed by atoms with E-state index >= 15 is 0 Å². The number of hydrogen-bond acceptors (Lipinski definition) is 5. The normalized spacial score (nSPS) is 29.9. The average Bonchev–Trinajstić information content (AvgIpc) is 2.95. The summed E-state index contributed by atoms with van der Waals surface area (Å²) in [5, 5.41) is 15.5. The minimum atomic E-state index is -0.396. The van der Waals surface area contributed by atoms with E-state index in [9.17, 15) is 14.9 Å². The van der Waals surface area contributed by atoms with Crippen molar-refractivity contribution in [3.8, 4) is 0 Å². The Labute approximate surface area is 174 Å². The largest absolute Gasteiger partial charge is 0.272 e. The highest BCUT2D eigenvalue weighted by Crippen LogP contribution is 2.60. The van der Waals surface area contributed by atoms with E-state index in [1.165, 1.54) is 43.2 Å². The molecule has 0 amide bonds. The van der Waals surface area contributed by atoms with Crippen LogP contribution in [0.5, 0.6) is 0 Å². The van der Waals surface area contributed by atoms with Crippen LogP contribution in [0.15, 0.2) is 34.1 Å². The zero-order valence-electron chi connectivity index (χ0n) is 16.8. The zero-order chi connectivity index (χ0) is 20.3. The first-order chi connectivity index (χ1) is 13.8. The fraction of sp³-hybridized carbons (Fsp3) is 0.545. The number of aromatic nitrogens is 2. The van der Waals surface area contributed by atoms with Crippen molar-refractivity contribution in [1.29, 1.82) is 0 Å². The molecule has 4 aliphatic rings. The van der Waals surface area contributed by atoms with Gasteiger partial charge in [-0.3, -0.25) is 14.9 Å². The Morgan fingerprint density at radius 3 is 2.17 bits per heavy atom. The van der Waals surface area contributed by atoms with Crippen LogP contribution in [0.3, 0.4) is 0 Å². The van der Waals surface area contributed by atoms with E-state index in [1.54, 1.807) is 16.8 Å². The highest BCUT2D eigenvalue weighted by Gasteiger charge is 2.55. The van der Waals surface area contributed by atoms with Gasteiger partial charge in [0, 0.05) is 17.0 Å². The van der Waals surface area contributed by atoms with Crippen LogP contribution in [0.2, 0.25) is 0 Å². The predicted octanol–water partition coefficient (Wildman–Crippen LogP) is 5.42. The van der Waals surface area contributed by atoms with Crippen LogP contribution in [0.1, 0.15) is 54.7 Å². The number of hydrogen-bond donors (Lipinski definition) is 0. The van der Waals surface area contributed by atoms with Gasteiger partial charge in [0.2, 0.25) is 0 Å². The molecule has 2 aromatic rings. The third kappa shape index (κ3) is 3.10. The Balaban J connectivity index is 1.42. The summed E-state index contributed by atoms with van der Waals surface area (Å²) in [6.45, 7) is 3.90. The number of non-ortho nitro benzene ring substituents is 1. The van der Waals surface area contributed by atoms with Gasteiger partial charge in [-0.25, -0.2) is 4.68 Å². The summed E-state index contributed by atoms with van der Waals surface area (Å²) < 4.78 is 1.66. The second kappa shape index (κ2) is 6.69. The molecule has 0 aliphatic heterocycles. The molecule has 4 bridgehead atoms. The maximum Gasteiger partial charge on any atom is 0.269 e. The predicted molar refractivity (Wildman–Crippen MR) is 110 cm³/mol. The number of nitro benzene ring substituents is 1. The van der Waals surface area contributed by atoms with Gasteiger partial charge in [-0.05, 0) is 82.3 Å². The van der Waals surface area contributed by atoms with Crippen molar-refractivity contribution < 1.29 is 9.72 Å². The van der Waals surface area contributed by atoms with Gasteiger partial charge < -0.3 is 0 Å². The quantitative estimate of drug-likeness (QED) is 0.496. The molecule has 0 N–H and O–H groups in total. The van der Waals surface area contributed by atoms with Crippen LogP contribution in [0, 0.1) is 47.1 Å². The molecule has 0 spiro atoms. The third-order valence-electron chi connectivity index (χ3n) is 7.18. The molecule has 1 heterocycles. The Morgan fingerprint density at radius 1 is 1.10 bits per heavy atom. The van der Waals surface area contributed by atoms with E-state index in [1.807, 2.05) is 13.8 Å². The monoisotopic (exact) mass is 411 g/mol. The molecule has 1 aromatic carbocycles. The summed E-state index contributed by atoms with van der Waals surface area (Å²) >= 11 is 1.52. The lowest BCUT2D eigenvalue weighted by Gasteiger charge is -2.55. The molecule has 1 aromatic heterocycles. The lowest BCUT2D eigenvalue weighted by atomic mass is 9.49. The summed E-state index contributed by atoms with van der Waals surface area (Å²) in [4.78, 5) is 26.0. The molecule has 6 rings (SSSR count). The van der Waals surface area contributed by atoms with Crippen molar-refractivity contribution in [3.05, 3.63) is 45.8 Å². The van der Waals surface area contributed by atoms with E-state index in [2.05, 4.69) is 5.10 Å². The van der Waals surface area contributed by atoms with Crippen LogP contribution >= 0.6 is 11.8 Å². The van der Waals surface area contributed by atoms with Crippen LogP contribution in [-0.4, -0.2) is 20.6 Å². The molecule has 4 fully saturated rings. The van der Waals surface area contributed by atoms with Gasteiger partial charge in [-0.2, -0.15) is 5.10 Å². The summed E-state index contributed by atoms with van der Waals surface area (Å²) in [7, 11) is 0. The summed E-state index contributed by atoms with van der Waals surface area (Å²) in [5.74, 6) is 2.34. The molecular formula is C22H25N3O3S. The van der Waals surface area contributed by atoms with Crippen LogP contribution in [-0.2, 0) is 0 Å². The fourth-order valence-corrected chi connectivity index (χ4v) is 7.26. The van der Waals surface area contributed by atoms with Gasteiger partial charge in [-0.1, -0.05) is 11.8 Å². The van der Waals surface area contributed by atoms with Crippen molar-refractivity contribution in [3.63, 3.8) is 0 Å². The van der Waals surface area contributed by atoms with E-state index in [0.29, 0.717) is 0 Å². The second-order valence-electron chi connectivity index (χ2n) is 9.27. The molecular weight excluding hydrogens is 386 g/mol. The number of carbonyl (C=O) groups is 1. The highest BCUT2D eigenvalue weighted by molar-refractivity contribution is 7.99. The lowest BCUT2D eigenvalue weighted by molar-refractivity contribution is -0.384. The standard InChI is InChI=1S/C22H25N3O3S/c1-13-20(29-19-5-3-18(4-6-19)25(27)28)14(2)24(23-13)21(26)22-10-15-7-16(11-22)9-17(8-15)12-22/h3-6,15-17H,7-12H2,1-2H3. The van der Waals surface area contributed by atoms with Gasteiger partial charge in [0.15, 0.2) is 0 Å². The average molecular weight is 412 g/mol. The van der Waals surface area contributed by atoms with Crippen molar-refractivity contribution in [2.45, 2.75) is 62.2 Å². The number of rotatable bonds is 4. The SMILES string of the molecule is Cc1nn(C(=O)C23CC4CC(CC(C4)C2)C3)c(C)c1Sc1ccc([N+](=O)[O-])cc1. The van der Waals surface area contributed by atoms with Gasteiger partial charge in [0.1, 0.15) is 0 Å². The Morgan fingerprint density at radius 2 is 1.66 bits per heavy atom. The Bertz CT molecular complexity index is 960. The molecule has 29 heavy (non-hydrogen) atoms. The summed E-state index contributed by atoms with van der Waals surface area (Å²) in [6.07, 6.45) is 7.02. The maximum absolute atomic E-state index is 13.7. The van der Waals surface area contributed by atoms with Crippen molar-refractivity contribution >= 4 is 23.4 Å². The molecule has 6 nitrogen and oxygen atoms in total. The molecule has 0 atom stereocenters. The molecule has 0 radical (unpaired) electrons. The van der Waals surface area contributed by atoms with Crippen LogP contribution < -0.4 is 0 Å². The Kier molecular flexibility index (Phi) is 4.35. The van der Waals surface area contributed by atoms with E-state index in [0.717, 1.165) is 58.2 Å². The number of nitrogens with zero attached hydrogens (tertiary/aromatic N) is 3. The number of benzene rings is 1. The summed E-state index contributed by atoms with van der Waals surface area (Å²) in [5.41, 5.74) is 1.58. The third-order valence-corrected chi connectivity index (χ3v) is 8.48. The molecule has 7 heteroatoms. The molecule has 0 saturated heterocycles. The van der Waals surface area contributed by atoms with Gasteiger partial charge in [0.05, 0.1) is 26.6 Å². The number of carbonyl (C=O) groups excluding carboxylic acids is 1. The summed E-state index contributed by atoms with van der Waals surface area (Å²) in [6, 6.07) is 6.52. The van der Waals surface area contributed by atoms with Gasteiger partial charge >= 0.3 is 0 Å². The smallest absolute Gasteiger partial charge is 0.269 e. The van der Waals surface area contributed by atoms with Crippen molar-refractivity contribution in [2.24, 2.45) is 23.2 Å². The maximum atomic E-state index is 13.7. The van der Waals surface area contributed by atoms with Crippen molar-refractivity contribution in [2.75, 3.05) is 0 Å². The minimum absolute atomic E-state index is 0.0792. The highest BCUT2D eigenvalue weighted by atomic mass is 32.2. The molecule has 4 aliphatic carbocycles. The van der Waals surface area contributed by atoms with E-state index in [-0.39, 0.29) is 17.0 Å². The van der Waals surface area contributed by atoms with Gasteiger partial charge in [0.25, 0.3) is 11.6 Å². The van der Waals surface area contributed by atoms with Crippen LogP contribution in [0.25, 0.3) is 0 Å². The first-order valence-electron chi connectivity index (χ1n) is 10.4.